The molecular formula is C12H19N3O3. The zero-order valence-electron chi connectivity index (χ0n) is 10.7. The van der Waals surface area contributed by atoms with E-state index in [0.29, 0.717) is 24.9 Å². The summed E-state index contributed by atoms with van der Waals surface area (Å²) in [4.78, 5) is 18.6. The summed E-state index contributed by atoms with van der Waals surface area (Å²) in [6, 6.07) is 0. The first-order valence-electron chi connectivity index (χ1n) is 5.97. The maximum absolute atomic E-state index is 10.9. The third-order valence-corrected chi connectivity index (χ3v) is 2.11. The third-order valence-electron chi connectivity index (χ3n) is 2.11. The predicted molar refractivity (Wildman–Crippen MR) is 67.8 cm³/mol. The fourth-order valence-corrected chi connectivity index (χ4v) is 1.32. The van der Waals surface area contributed by atoms with Gasteiger partial charge in [0.1, 0.15) is 0 Å². The Balaban J connectivity index is 2.29. The summed E-state index contributed by atoms with van der Waals surface area (Å²) in [5.74, 6) is -0.257. The lowest BCUT2D eigenvalue weighted by molar-refractivity contribution is 0.0691. The molecule has 100 valence electrons. The van der Waals surface area contributed by atoms with Crippen LogP contribution < -0.4 is 5.32 Å². The Bertz CT molecular complexity index is 383. The van der Waals surface area contributed by atoms with Gasteiger partial charge in [0.05, 0.1) is 0 Å². The van der Waals surface area contributed by atoms with Crippen molar-refractivity contribution in [1.82, 2.24) is 9.97 Å². The number of nitrogens with zero attached hydrogens (tertiary/aromatic N) is 2. The number of carbonyl (C=O) groups is 1. The smallest absolute Gasteiger partial charge is 0.358 e. The van der Waals surface area contributed by atoms with Gasteiger partial charge in [-0.1, -0.05) is 13.8 Å². The van der Waals surface area contributed by atoms with Gasteiger partial charge in [0.25, 0.3) is 0 Å². The number of aromatic nitrogens is 2. The molecule has 0 atom stereocenters. The highest BCUT2D eigenvalue weighted by Crippen LogP contribution is 2.07. The monoisotopic (exact) mass is 253 g/mol. The minimum atomic E-state index is -1.08. The van der Waals surface area contributed by atoms with Crippen molar-refractivity contribution in [2.45, 2.75) is 20.3 Å². The van der Waals surface area contributed by atoms with E-state index in [-0.39, 0.29) is 5.69 Å². The van der Waals surface area contributed by atoms with Crippen molar-refractivity contribution in [2.24, 2.45) is 5.92 Å². The van der Waals surface area contributed by atoms with Crippen molar-refractivity contribution in [3.63, 3.8) is 0 Å². The lowest BCUT2D eigenvalue weighted by atomic mass is 10.2. The molecule has 6 heteroatoms. The Labute approximate surface area is 106 Å². The molecule has 0 amide bonds. The Morgan fingerprint density at radius 3 is 2.83 bits per heavy atom. The first-order chi connectivity index (χ1) is 8.61. The van der Waals surface area contributed by atoms with E-state index in [2.05, 4.69) is 29.1 Å². The molecule has 0 aliphatic rings. The van der Waals surface area contributed by atoms with Gasteiger partial charge in [-0.2, -0.15) is 0 Å². The van der Waals surface area contributed by atoms with Crippen LogP contribution in [-0.4, -0.2) is 40.8 Å². The van der Waals surface area contributed by atoms with E-state index in [1.54, 1.807) is 0 Å². The van der Waals surface area contributed by atoms with Crippen LogP contribution in [-0.2, 0) is 4.74 Å². The van der Waals surface area contributed by atoms with Crippen LogP contribution in [0.4, 0.5) is 5.82 Å². The number of anilines is 1. The highest BCUT2D eigenvalue weighted by atomic mass is 16.5. The van der Waals surface area contributed by atoms with Gasteiger partial charge in [-0.3, -0.25) is 0 Å². The number of carboxylic acid groups (broad SMARTS) is 1. The molecule has 0 bridgehead atoms. The molecule has 1 heterocycles. The standard InChI is InChI=1S/C12H19N3O3/c1-9(2)8-18-7-3-4-14-11-10(12(16)17)13-5-6-15-11/h5-6,9H,3-4,7-8H2,1-2H3,(H,14,15)(H,16,17). The molecule has 0 aromatic carbocycles. The second-order valence-corrected chi connectivity index (χ2v) is 4.31. The topological polar surface area (TPSA) is 84.3 Å². The van der Waals surface area contributed by atoms with E-state index in [1.807, 2.05) is 0 Å². The van der Waals surface area contributed by atoms with Crippen LogP contribution in [0.1, 0.15) is 30.8 Å². The third kappa shape index (κ3) is 5.09. The van der Waals surface area contributed by atoms with Crippen molar-refractivity contribution < 1.29 is 14.6 Å². The molecule has 0 fully saturated rings. The van der Waals surface area contributed by atoms with Gasteiger partial charge < -0.3 is 15.2 Å². The normalized spacial score (nSPS) is 10.6. The van der Waals surface area contributed by atoms with Crippen molar-refractivity contribution in [2.75, 3.05) is 25.1 Å². The average molecular weight is 253 g/mol. The van der Waals surface area contributed by atoms with Gasteiger partial charge >= 0.3 is 5.97 Å². The second-order valence-electron chi connectivity index (χ2n) is 4.31. The van der Waals surface area contributed by atoms with Crippen LogP contribution in [0.5, 0.6) is 0 Å². The van der Waals surface area contributed by atoms with Crippen LogP contribution in [0.3, 0.4) is 0 Å². The number of hydrogen-bond acceptors (Lipinski definition) is 5. The Morgan fingerprint density at radius 1 is 1.44 bits per heavy atom. The first-order valence-corrected chi connectivity index (χ1v) is 5.97. The maximum Gasteiger partial charge on any atom is 0.358 e. The van der Waals surface area contributed by atoms with Crippen molar-refractivity contribution in [1.29, 1.82) is 0 Å². The summed E-state index contributed by atoms with van der Waals surface area (Å²) < 4.78 is 5.42. The van der Waals surface area contributed by atoms with Gasteiger partial charge in [-0.05, 0) is 12.3 Å². The van der Waals surface area contributed by atoms with Crippen LogP contribution in [0.25, 0.3) is 0 Å². The Morgan fingerprint density at radius 2 is 2.17 bits per heavy atom. The summed E-state index contributed by atoms with van der Waals surface area (Å²) >= 11 is 0. The van der Waals surface area contributed by atoms with Crippen molar-refractivity contribution >= 4 is 11.8 Å². The van der Waals surface area contributed by atoms with Crippen molar-refractivity contribution in [3.8, 4) is 0 Å². The number of aromatic carboxylic acids is 1. The number of carboxylic acids is 1. The molecule has 6 nitrogen and oxygen atoms in total. The minimum Gasteiger partial charge on any atom is -0.476 e. The number of ether oxygens (including phenoxy) is 1. The van der Waals surface area contributed by atoms with Crippen LogP contribution in [0.2, 0.25) is 0 Å². The van der Waals surface area contributed by atoms with Crippen LogP contribution >= 0.6 is 0 Å². The maximum atomic E-state index is 10.9. The Kier molecular flexibility index (Phi) is 6.07. The fraction of sp³-hybridized carbons (Fsp3) is 0.583. The second kappa shape index (κ2) is 7.60. The van der Waals surface area contributed by atoms with E-state index in [4.69, 9.17) is 9.84 Å². The van der Waals surface area contributed by atoms with E-state index >= 15 is 0 Å². The molecule has 0 spiro atoms. The summed E-state index contributed by atoms with van der Waals surface area (Å²) in [5, 5.41) is 11.8. The van der Waals surface area contributed by atoms with E-state index < -0.39 is 5.97 Å². The molecule has 0 unspecified atom stereocenters. The molecule has 0 radical (unpaired) electrons. The number of hydrogen-bond donors (Lipinski definition) is 2. The van der Waals surface area contributed by atoms with E-state index in [9.17, 15) is 4.79 Å². The predicted octanol–water partition coefficient (Wildman–Crippen LogP) is 1.65. The minimum absolute atomic E-state index is 0.0550. The van der Waals surface area contributed by atoms with Crippen LogP contribution in [0.15, 0.2) is 12.4 Å². The van der Waals surface area contributed by atoms with Gasteiger partial charge in [0.2, 0.25) is 0 Å². The highest BCUT2D eigenvalue weighted by Gasteiger charge is 2.11. The van der Waals surface area contributed by atoms with Gasteiger partial charge in [-0.25, -0.2) is 14.8 Å². The van der Waals surface area contributed by atoms with Gasteiger partial charge in [0.15, 0.2) is 11.5 Å². The largest absolute Gasteiger partial charge is 0.476 e. The lowest BCUT2D eigenvalue weighted by Gasteiger charge is -2.08. The van der Waals surface area contributed by atoms with E-state index in [1.165, 1.54) is 12.4 Å². The first kappa shape index (κ1) is 14.4. The summed E-state index contributed by atoms with van der Waals surface area (Å²) in [7, 11) is 0. The number of nitrogens with one attached hydrogen (secondary N) is 1. The van der Waals surface area contributed by atoms with Crippen LogP contribution in [0, 0.1) is 5.92 Å². The molecule has 18 heavy (non-hydrogen) atoms. The quantitative estimate of drug-likeness (QED) is 0.685. The lowest BCUT2D eigenvalue weighted by Crippen LogP contribution is -2.13. The molecule has 1 rings (SSSR count). The van der Waals surface area contributed by atoms with Gasteiger partial charge in [0, 0.05) is 32.2 Å². The summed E-state index contributed by atoms with van der Waals surface area (Å²) in [6.07, 6.45) is 3.62. The molecule has 0 saturated carbocycles. The van der Waals surface area contributed by atoms with E-state index in [0.717, 1.165) is 13.0 Å². The fourth-order valence-electron chi connectivity index (χ4n) is 1.32. The zero-order valence-corrected chi connectivity index (χ0v) is 10.7. The van der Waals surface area contributed by atoms with Gasteiger partial charge in [-0.15, -0.1) is 0 Å². The zero-order chi connectivity index (χ0) is 13.4. The van der Waals surface area contributed by atoms with Crippen molar-refractivity contribution in [3.05, 3.63) is 18.1 Å². The molecule has 0 aliphatic carbocycles. The number of rotatable bonds is 8. The SMILES string of the molecule is CC(C)COCCCNc1nccnc1C(=O)O. The molecule has 0 saturated heterocycles. The summed E-state index contributed by atoms with van der Waals surface area (Å²) in [6.45, 7) is 6.18. The molecule has 2 N–H and O–H groups in total. The highest BCUT2D eigenvalue weighted by molar-refractivity contribution is 5.90. The molecule has 1 aromatic rings. The summed E-state index contributed by atoms with van der Waals surface area (Å²) in [5.41, 5.74) is -0.0550. The molecule has 0 aliphatic heterocycles. The Hall–Kier alpha value is -1.69. The molecular weight excluding hydrogens is 234 g/mol. The average Bonchev–Trinajstić information content (AvgIpc) is 2.33. The molecule has 1 aromatic heterocycles.